The van der Waals surface area contributed by atoms with Crippen LogP contribution in [0.25, 0.3) is 21.8 Å². The van der Waals surface area contributed by atoms with Crippen LogP contribution in [0.3, 0.4) is 0 Å². The van der Waals surface area contributed by atoms with E-state index in [4.69, 9.17) is 11.6 Å². The fourth-order valence-electron chi connectivity index (χ4n) is 4.82. The van der Waals surface area contributed by atoms with Gasteiger partial charge in [0.05, 0.1) is 6.20 Å². The molecular formula is C26H28ClN5O2. The zero-order valence-corrected chi connectivity index (χ0v) is 19.8. The zero-order chi connectivity index (χ0) is 23.5. The molecule has 1 saturated heterocycles. The molecule has 3 heterocycles. The van der Waals surface area contributed by atoms with Crippen LogP contribution in [0.15, 0.2) is 59.5 Å². The van der Waals surface area contributed by atoms with Crippen molar-refractivity contribution in [3.05, 3.63) is 75.7 Å². The Balaban J connectivity index is 1.39. The van der Waals surface area contributed by atoms with E-state index in [9.17, 15) is 9.59 Å². The molecule has 5 rings (SSSR count). The maximum atomic E-state index is 13.5. The second-order valence-electron chi connectivity index (χ2n) is 8.86. The number of hydrogen-bond donors (Lipinski definition) is 1. The molecule has 0 unspecified atom stereocenters. The van der Waals surface area contributed by atoms with Crippen LogP contribution >= 0.6 is 11.6 Å². The summed E-state index contributed by atoms with van der Waals surface area (Å²) in [6.07, 6.45) is 5.12. The first-order valence-electron chi connectivity index (χ1n) is 11.8. The number of aromatic nitrogens is 3. The SMILES string of the molecule is O=C(Cn1ncc2c3ccccc3n(Cc3cccc(Cl)c3)c2c1=O)NCCCN1CCCC1. The van der Waals surface area contributed by atoms with Crippen molar-refractivity contribution in [2.24, 2.45) is 0 Å². The van der Waals surface area contributed by atoms with Crippen LogP contribution in [-0.4, -0.2) is 51.3 Å². The van der Waals surface area contributed by atoms with Crippen LogP contribution in [0.4, 0.5) is 0 Å². The lowest BCUT2D eigenvalue weighted by molar-refractivity contribution is -0.121. The minimum Gasteiger partial charge on any atom is -0.354 e. The second-order valence-corrected chi connectivity index (χ2v) is 9.29. The van der Waals surface area contributed by atoms with Gasteiger partial charge in [-0.25, -0.2) is 4.68 Å². The highest BCUT2D eigenvalue weighted by Gasteiger charge is 2.17. The summed E-state index contributed by atoms with van der Waals surface area (Å²) in [6, 6.07) is 15.5. The summed E-state index contributed by atoms with van der Waals surface area (Å²) < 4.78 is 3.25. The Hall–Kier alpha value is -3.16. The Kier molecular flexibility index (Phi) is 6.65. The minimum absolute atomic E-state index is 0.100. The standard InChI is InChI=1S/C26H28ClN5O2/c27-20-8-5-7-19(15-20)17-31-23-10-2-1-9-21(23)22-16-29-32(26(34)25(22)31)18-24(33)28-11-6-14-30-12-3-4-13-30/h1-2,5,7-10,15-16H,3-4,6,11-14,17-18H2,(H,28,33). The number of rotatable bonds is 8. The third-order valence-electron chi connectivity index (χ3n) is 6.47. The van der Waals surface area contributed by atoms with Crippen molar-refractivity contribution >= 4 is 39.3 Å². The number of carbonyl (C=O) groups excluding carboxylic acids is 1. The number of amides is 1. The van der Waals surface area contributed by atoms with E-state index in [2.05, 4.69) is 15.3 Å². The van der Waals surface area contributed by atoms with Crippen molar-refractivity contribution in [2.75, 3.05) is 26.2 Å². The number of fused-ring (bicyclic) bond motifs is 3. The lowest BCUT2D eigenvalue weighted by atomic mass is 10.2. The summed E-state index contributed by atoms with van der Waals surface area (Å²) in [5, 5.41) is 9.65. The van der Waals surface area contributed by atoms with Crippen LogP contribution < -0.4 is 10.9 Å². The van der Waals surface area contributed by atoms with Gasteiger partial charge in [-0.1, -0.05) is 41.9 Å². The number of halogens is 1. The van der Waals surface area contributed by atoms with Crippen LogP contribution in [0.5, 0.6) is 0 Å². The van der Waals surface area contributed by atoms with Gasteiger partial charge in [0.2, 0.25) is 5.91 Å². The molecule has 2 aromatic carbocycles. The summed E-state index contributed by atoms with van der Waals surface area (Å²) in [4.78, 5) is 28.4. The molecule has 0 aliphatic carbocycles. The summed E-state index contributed by atoms with van der Waals surface area (Å²) in [6.45, 7) is 4.28. The van der Waals surface area contributed by atoms with Gasteiger partial charge in [0, 0.05) is 34.4 Å². The third-order valence-corrected chi connectivity index (χ3v) is 6.70. The van der Waals surface area contributed by atoms with Crippen molar-refractivity contribution in [2.45, 2.75) is 32.4 Å². The van der Waals surface area contributed by atoms with Gasteiger partial charge in [-0.05, 0) is 62.7 Å². The molecule has 1 N–H and O–H groups in total. The van der Waals surface area contributed by atoms with Gasteiger partial charge in [-0.15, -0.1) is 0 Å². The summed E-state index contributed by atoms with van der Waals surface area (Å²) in [7, 11) is 0. The zero-order valence-electron chi connectivity index (χ0n) is 19.0. The van der Waals surface area contributed by atoms with Crippen LogP contribution in [0.1, 0.15) is 24.8 Å². The Morgan fingerprint density at radius 3 is 2.71 bits per heavy atom. The number of para-hydroxylation sites is 1. The van der Waals surface area contributed by atoms with Crippen molar-refractivity contribution in [3.63, 3.8) is 0 Å². The second kappa shape index (κ2) is 9.99. The van der Waals surface area contributed by atoms with Gasteiger partial charge in [-0.2, -0.15) is 5.10 Å². The van der Waals surface area contributed by atoms with E-state index >= 15 is 0 Å². The molecule has 1 aliphatic heterocycles. The number of nitrogens with one attached hydrogen (secondary N) is 1. The Bertz CT molecular complexity index is 1390. The highest BCUT2D eigenvalue weighted by molar-refractivity contribution is 6.30. The highest BCUT2D eigenvalue weighted by atomic mass is 35.5. The van der Waals surface area contributed by atoms with Gasteiger partial charge in [0.25, 0.3) is 5.56 Å². The first-order chi connectivity index (χ1) is 16.6. The molecule has 176 valence electrons. The Labute approximate surface area is 202 Å². The fraction of sp³-hybridized carbons (Fsp3) is 0.346. The van der Waals surface area contributed by atoms with E-state index in [-0.39, 0.29) is 18.0 Å². The number of likely N-dealkylation sites (tertiary alicyclic amines) is 1. The summed E-state index contributed by atoms with van der Waals surface area (Å²) in [5.41, 5.74) is 2.20. The Morgan fingerprint density at radius 2 is 1.88 bits per heavy atom. The molecular weight excluding hydrogens is 450 g/mol. The molecule has 1 aliphatic rings. The lowest BCUT2D eigenvalue weighted by Gasteiger charge is -2.14. The quantitative estimate of drug-likeness (QED) is 0.393. The molecule has 34 heavy (non-hydrogen) atoms. The molecule has 0 bridgehead atoms. The van der Waals surface area contributed by atoms with Crippen LogP contribution in [0, 0.1) is 0 Å². The monoisotopic (exact) mass is 477 g/mol. The first-order valence-corrected chi connectivity index (χ1v) is 12.2. The van der Waals surface area contributed by atoms with E-state index in [1.165, 1.54) is 17.5 Å². The predicted molar refractivity (Wildman–Crippen MR) is 135 cm³/mol. The number of nitrogens with zero attached hydrogens (tertiary/aromatic N) is 4. The predicted octanol–water partition coefficient (Wildman–Crippen LogP) is 3.66. The molecule has 0 spiro atoms. The lowest BCUT2D eigenvalue weighted by Crippen LogP contribution is -2.35. The van der Waals surface area contributed by atoms with Gasteiger partial charge in [0.15, 0.2) is 0 Å². The smallest absolute Gasteiger partial charge is 0.291 e. The number of benzene rings is 2. The normalized spacial score (nSPS) is 14.3. The molecule has 1 fully saturated rings. The van der Waals surface area contributed by atoms with E-state index in [0.717, 1.165) is 47.9 Å². The van der Waals surface area contributed by atoms with Crippen molar-refractivity contribution in [1.82, 2.24) is 24.6 Å². The van der Waals surface area contributed by atoms with E-state index in [1.54, 1.807) is 6.20 Å². The van der Waals surface area contributed by atoms with Crippen molar-refractivity contribution in [1.29, 1.82) is 0 Å². The van der Waals surface area contributed by atoms with Gasteiger partial charge >= 0.3 is 0 Å². The highest BCUT2D eigenvalue weighted by Crippen LogP contribution is 2.27. The maximum Gasteiger partial charge on any atom is 0.291 e. The number of hydrogen-bond acceptors (Lipinski definition) is 4. The van der Waals surface area contributed by atoms with Gasteiger partial charge in [0.1, 0.15) is 12.1 Å². The Morgan fingerprint density at radius 1 is 1.06 bits per heavy atom. The molecule has 0 saturated carbocycles. The number of carbonyl (C=O) groups is 1. The van der Waals surface area contributed by atoms with Crippen LogP contribution in [-0.2, 0) is 17.9 Å². The first kappa shape index (κ1) is 22.6. The van der Waals surface area contributed by atoms with E-state index < -0.39 is 0 Å². The maximum absolute atomic E-state index is 13.5. The largest absolute Gasteiger partial charge is 0.354 e. The molecule has 4 aromatic rings. The van der Waals surface area contributed by atoms with Gasteiger partial charge < -0.3 is 14.8 Å². The van der Waals surface area contributed by atoms with Crippen molar-refractivity contribution < 1.29 is 4.79 Å². The summed E-state index contributed by atoms with van der Waals surface area (Å²) in [5.74, 6) is -0.201. The molecule has 0 radical (unpaired) electrons. The van der Waals surface area contributed by atoms with E-state index in [0.29, 0.717) is 23.6 Å². The molecule has 1 amide bonds. The molecule has 7 nitrogen and oxygen atoms in total. The minimum atomic E-state index is -0.275. The molecule has 8 heteroatoms. The topological polar surface area (TPSA) is 72.2 Å². The van der Waals surface area contributed by atoms with Crippen molar-refractivity contribution in [3.8, 4) is 0 Å². The van der Waals surface area contributed by atoms with Gasteiger partial charge in [-0.3, -0.25) is 9.59 Å². The third kappa shape index (κ3) is 4.72. The fourth-order valence-corrected chi connectivity index (χ4v) is 5.03. The van der Waals surface area contributed by atoms with Crippen LogP contribution in [0.2, 0.25) is 5.02 Å². The molecule has 0 atom stereocenters. The molecule has 2 aromatic heterocycles. The average Bonchev–Trinajstić information content (AvgIpc) is 3.46. The average molecular weight is 478 g/mol. The van der Waals surface area contributed by atoms with E-state index in [1.807, 2.05) is 53.1 Å². The summed E-state index contributed by atoms with van der Waals surface area (Å²) >= 11 is 6.19.